The number of aromatic nitrogens is 3. The van der Waals surface area contributed by atoms with Crippen LogP contribution in [0.1, 0.15) is 31.7 Å². The van der Waals surface area contributed by atoms with Crippen LogP contribution in [0.3, 0.4) is 0 Å². The second-order valence-corrected chi connectivity index (χ2v) is 6.53. The van der Waals surface area contributed by atoms with E-state index in [0.29, 0.717) is 6.04 Å². The minimum absolute atomic E-state index is 0.521. The van der Waals surface area contributed by atoms with Gasteiger partial charge in [0.15, 0.2) is 5.65 Å². The van der Waals surface area contributed by atoms with Gasteiger partial charge in [-0.2, -0.15) is 0 Å². The summed E-state index contributed by atoms with van der Waals surface area (Å²) in [7, 11) is 4.14. The minimum atomic E-state index is 0.521. The second-order valence-electron chi connectivity index (χ2n) is 6.53. The lowest BCUT2D eigenvalue weighted by molar-refractivity contribution is 0.534. The summed E-state index contributed by atoms with van der Waals surface area (Å²) in [4.78, 5) is 11.7. The summed E-state index contributed by atoms with van der Waals surface area (Å²) in [5.41, 5.74) is 4.37. The van der Waals surface area contributed by atoms with E-state index < -0.39 is 0 Å². The van der Waals surface area contributed by atoms with E-state index in [2.05, 4.69) is 58.9 Å². The van der Waals surface area contributed by atoms with Gasteiger partial charge in [0.2, 0.25) is 0 Å². The molecule has 118 valence electrons. The van der Waals surface area contributed by atoms with Crippen LogP contribution in [0.2, 0.25) is 0 Å². The summed E-state index contributed by atoms with van der Waals surface area (Å²) in [5, 5.41) is 0. The van der Waals surface area contributed by atoms with E-state index in [0.717, 1.165) is 17.0 Å². The molecule has 2 heterocycles. The van der Waals surface area contributed by atoms with Crippen LogP contribution in [0, 0.1) is 0 Å². The molecule has 3 aromatic rings. The van der Waals surface area contributed by atoms with E-state index >= 15 is 0 Å². The van der Waals surface area contributed by atoms with Crippen molar-refractivity contribution in [2.75, 3.05) is 19.0 Å². The number of fused-ring (bicyclic) bond motifs is 1. The van der Waals surface area contributed by atoms with E-state index in [4.69, 9.17) is 4.98 Å². The average Bonchev–Trinajstić information content (AvgIpc) is 3.21. The largest absolute Gasteiger partial charge is 0.378 e. The molecule has 2 aromatic heterocycles. The van der Waals surface area contributed by atoms with Gasteiger partial charge in [-0.3, -0.25) is 0 Å². The zero-order chi connectivity index (χ0) is 15.8. The Morgan fingerprint density at radius 1 is 1.09 bits per heavy atom. The molecule has 1 saturated carbocycles. The number of imidazole rings is 1. The molecule has 1 fully saturated rings. The van der Waals surface area contributed by atoms with Crippen LogP contribution in [-0.2, 0) is 0 Å². The van der Waals surface area contributed by atoms with Crippen LogP contribution in [0.15, 0.2) is 42.6 Å². The maximum atomic E-state index is 4.91. The molecule has 4 rings (SSSR count). The molecule has 0 atom stereocenters. The number of nitrogens with zero attached hydrogens (tertiary/aromatic N) is 4. The first-order valence-electron chi connectivity index (χ1n) is 8.35. The molecule has 0 spiro atoms. The third kappa shape index (κ3) is 2.48. The minimum Gasteiger partial charge on any atom is -0.378 e. The maximum Gasteiger partial charge on any atom is 0.160 e. The van der Waals surface area contributed by atoms with Crippen molar-refractivity contribution in [2.24, 2.45) is 0 Å². The molecular formula is C19H22N4. The summed E-state index contributed by atoms with van der Waals surface area (Å²) >= 11 is 0. The van der Waals surface area contributed by atoms with Crippen molar-refractivity contribution >= 4 is 16.9 Å². The molecule has 0 aliphatic heterocycles. The van der Waals surface area contributed by atoms with Crippen LogP contribution < -0.4 is 4.90 Å². The fourth-order valence-electron chi connectivity index (χ4n) is 3.56. The average molecular weight is 306 g/mol. The van der Waals surface area contributed by atoms with Gasteiger partial charge in [-0.1, -0.05) is 25.0 Å². The van der Waals surface area contributed by atoms with E-state index in [1.165, 1.54) is 36.9 Å². The monoisotopic (exact) mass is 306 g/mol. The summed E-state index contributed by atoms with van der Waals surface area (Å²) in [6, 6.07) is 13.2. The van der Waals surface area contributed by atoms with Crippen molar-refractivity contribution in [2.45, 2.75) is 31.7 Å². The van der Waals surface area contributed by atoms with Crippen molar-refractivity contribution in [1.82, 2.24) is 14.5 Å². The van der Waals surface area contributed by atoms with Crippen molar-refractivity contribution in [3.05, 3.63) is 42.6 Å². The van der Waals surface area contributed by atoms with E-state index in [9.17, 15) is 0 Å². The first kappa shape index (κ1) is 14.2. The highest BCUT2D eigenvalue weighted by atomic mass is 15.2. The Labute approximate surface area is 136 Å². The van der Waals surface area contributed by atoms with Crippen molar-refractivity contribution < 1.29 is 0 Å². The predicted octanol–water partition coefficient (Wildman–Crippen LogP) is 4.28. The Hall–Kier alpha value is -2.36. The SMILES string of the molecule is CN(C)c1cccc(-c2nc3cccnc3n2C2CCCC2)c1. The Kier molecular flexibility index (Phi) is 3.52. The normalized spacial score (nSPS) is 15.4. The number of benzene rings is 1. The lowest BCUT2D eigenvalue weighted by Crippen LogP contribution is -2.10. The van der Waals surface area contributed by atoms with E-state index in [1.54, 1.807) is 0 Å². The van der Waals surface area contributed by atoms with Crippen molar-refractivity contribution in [3.63, 3.8) is 0 Å². The van der Waals surface area contributed by atoms with Gasteiger partial charge < -0.3 is 9.47 Å². The zero-order valence-corrected chi connectivity index (χ0v) is 13.7. The summed E-state index contributed by atoms with van der Waals surface area (Å²) in [6.45, 7) is 0. The molecular weight excluding hydrogens is 284 g/mol. The smallest absolute Gasteiger partial charge is 0.160 e. The molecule has 0 unspecified atom stereocenters. The molecule has 0 N–H and O–H groups in total. The van der Waals surface area contributed by atoms with Gasteiger partial charge >= 0.3 is 0 Å². The lowest BCUT2D eigenvalue weighted by atomic mass is 10.1. The molecule has 0 amide bonds. The Morgan fingerprint density at radius 2 is 1.91 bits per heavy atom. The standard InChI is InChI=1S/C19H22N4/c1-22(2)16-10-5-7-14(13-16)18-21-17-11-6-12-20-19(17)23(18)15-8-3-4-9-15/h5-7,10-13,15H,3-4,8-9H2,1-2H3. The third-order valence-electron chi connectivity index (χ3n) is 4.76. The number of pyridine rings is 1. The van der Waals surface area contributed by atoms with Gasteiger partial charge in [0.05, 0.1) is 0 Å². The molecule has 23 heavy (non-hydrogen) atoms. The molecule has 1 aliphatic rings. The van der Waals surface area contributed by atoms with Crippen LogP contribution in [-0.4, -0.2) is 28.6 Å². The number of rotatable bonds is 3. The summed E-state index contributed by atoms with van der Waals surface area (Å²) in [5.74, 6) is 1.05. The Balaban J connectivity index is 1.92. The molecule has 0 saturated heterocycles. The molecule has 4 heteroatoms. The molecule has 4 nitrogen and oxygen atoms in total. The summed E-state index contributed by atoms with van der Waals surface area (Å²) in [6.07, 6.45) is 6.92. The van der Waals surface area contributed by atoms with Crippen LogP contribution >= 0.6 is 0 Å². The summed E-state index contributed by atoms with van der Waals surface area (Å²) < 4.78 is 2.37. The quantitative estimate of drug-likeness (QED) is 0.724. The van der Waals surface area contributed by atoms with Gasteiger partial charge in [0, 0.05) is 37.6 Å². The molecule has 0 bridgehead atoms. The van der Waals surface area contributed by atoms with Crippen LogP contribution in [0.4, 0.5) is 5.69 Å². The second kappa shape index (κ2) is 5.69. The topological polar surface area (TPSA) is 34.0 Å². The zero-order valence-electron chi connectivity index (χ0n) is 13.7. The van der Waals surface area contributed by atoms with Crippen LogP contribution in [0.25, 0.3) is 22.6 Å². The van der Waals surface area contributed by atoms with Crippen molar-refractivity contribution in [3.8, 4) is 11.4 Å². The van der Waals surface area contributed by atoms with Gasteiger partial charge in [0.25, 0.3) is 0 Å². The van der Waals surface area contributed by atoms with Gasteiger partial charge in [-0.25, -0.2) is 9.97 Å². The highest BCUT2D eigenvalue weighted by Gasteiger charge is 2.24. The molecule has 1 aliphatic carbocycles. The number of hydrogen-bond donors (Lipinski definition) is 0. The van der Waals surface area contributed by atoms with Crippen molar-refractivity contribution in [1.29, 1.82) is 0 Å². The number of hydrogen-bond acceptors (Lipinski definition) is 3. The maximum absolute atomic E-state index is 4.91. The van der Waals surface area contributed by atoms with Gasteiger partial charge in [0.1, 0.15) is 11.3 Å². The first-order valence-corrected chi connectivity index (χ1v) is 8.35. The lowest BCUT2D eigenvalue weighted by Gasteiger charge is -2.17. The van der Waals surface area contributed by atoms with E-state index in [1.807, 2.05) is 12.3 Å². The fraction of sp³-hybridized carbons (Fsp3) is 0.368. The molecule has 0 radical (unpaired) electrons. The van der Waals surface area contributed by atoms with E-state index in [-0.39, 0.29) is 0 Å². The van der Waals surface area contributed by atoms with Gasteiger partial charge in [-0.05, 0) is 37.1 Å². The van der Waals surface area contributed by atoms with Gasteiger partial charge in [-0.15, -0.1) is 0 Å². The Bertz CT molecular complexity index is 828. The highest BCUT2D eigenvalue weighted by Crippen LogP contribution is 2.36. The first-order chi connectivity index (χ1) is 11.2. The molecule has 1 aromatic carbocycles. The van der Waals surface area contributed by atoms with Crippen LogP contribution in [0.5, 0.6) is 0 Å². The number of anilines is 1. The highest BCUT2D eigenvalue weighted by molar-refractivity contribution is 5.78. The predicted molar refractivity (Wildman–Crippen MR) is 94.8 cm³/mol. The third-order valence-corrected chi connectivity index (χ3v) is 4.76. The Morgan fingerprint density at radius 3 is 2.70 bits per heavy atom. The fourth-order valence-corrected chi connectivity index (χ4v) is 3.56.